The van der Waals surface area contributed by atoms with E-state index in [4.69, 9.17) is 0 Å². The number of carbonyl (C=O) groups is 1. The van der Waals surface area contributed by atoms with E-state index in [2.05, 4.69) is 0 Å². The Hall–Kier alpha value is -2.03. The SMILES string of the molecule is Cc1ccc(S(=O)(=O)N2CCN(C(=O)c3cccc(CS(C)=O)c3)CC2)cc1C. The lowest BCUT2D eigenvalue weighted by Gasteiger charge is -2.34. The van der Waals surface area contributed by atoms with Crippen molar-refractivity contribution in [2.75, 3.05) is 32.4 Å². The first kappa shape index (κ1) is 21.7. The number of hydrogen-bond acceptors (Lipinski definition) is 4. The average Bonchev–Trinajstić information content (AvgIpc) is 2.69. The number of sulfonamides is 1. The van der Waals surface area contributed by atoms with E-state index in [1.165, 1.54) is 4.31 Å². The second-order valence-electron chi connectivity index (χ2n) is 7.36. The fourth-order valence-corrected chi connectivity index (χ4v) is 5.52. The third-order valence-corrected chi connectivity index (χ3v) is 7.82. The molecule has 8 heteroatoms. The lowest BCUT2D eigenvalue weighted by Crippen LogP contribution is -2.50. The summed E-state index contributed by atoms with van der Waals surface area (Å²) in [5.74, 6) is 0.278. The number of aryl methyl sites for hydroxylation is 2. The first-order chi connectivity index (χ1) is 13.7. The number of nitrogens with zero attached hydrogens (tertiary/aromatic N) is 2. The van der Waals surface area contributed by atoms with Crippen molar-refractivity contribution in [3.8, 4) is 0 Å². The van der Waals surface area contributed by atoms with Gasteiger partial charge in [-0.1, -0.05) is 18.2 Å². The molecule has 2 aromatic carbocycles. The normalized spacial score (nSPS) is 16.6. The van der Waals surface area contributed by atoms with Gasteiger partial charge in [0.25, 0.3) is 5.91 Å². The van der Waals surface area contributed by atoms with Gasteiger partial charge in [0.05, 0.1) is 4.90 Å². The number of piperazine rings is 1. The monoisotopic (exact) mass is 434 g/mol. The average molecular weight is 435 g/mol. The van der Waals surface area contributed by atoms with Crippen LogP contribution < -0.4 is 0 Å². The van der Waals surface area contributed by atoms with Crippen molar-refractivity contribution in [3.05, 3.63) is 64.7 Å². The Balaban J connectivity index is 1.69. The lowest BCUT2D eigenvalue weighted by molar-refractivity contribution is 0.0698. The van der Waals surface area contributed by atoms with E-state index >= 15 is 0 Å². The van der Waals surface area contributed by atoms with Crippen molar-refractivity contribution in [3.63, 3.8) is 0 Å². The van der Waals surface area contributed by atoms with E-state index < -0.39 is 20.8 Å². The molecule has 1 heterocycles. The summed E-state index contributed by atoms with van der Waals surface area (Å²) in [6.45, 7) is 5.05. The van der Waals surface area contributed by atoms with Gasteiger partial charge < -0.3 is 4.90 Å². The quantitative estimate of drug-likeness (QED) is 0.724. The van der Waals surface area contributed by atoms with Gasteiger partial charge in [-0.25, -0.2) is 8.42 Å². The van der Waals surface area contributed by atoms with E-state index in [1.807, 2.05) is 26.0 Å². The molecule has 1 aliphatic rings. The van der Waals surface area contributed by atoms with Crippen molar-refractivity contribution in [2.45, 2.75) is 24.5 Å². The van der Waals surface area contributed by atoms with E-state index in [0.29, 0.717) is 29.3 Å². The van der Waals surface area contributed by atoms with Crippen molar-refractivity contribution in [2.24, 2.45) is 0 Å². The number of hydrogen-bond donors (Lipinski definition) is 0. The Morgan fingerprint density at radius 3 is 2.31 bits per heavy atom. The van der Waals surface area contributed by atoms with Crippen LogP contribution in [0.2, 0.25) is 0 Å². The maximum Gasteiger partial charge on any atom is 0.253 e. The summed E-state index contributed by atoms with van der Waals surface area (Å²) in [5, 5.41) is 0. The largest absolute Gasteiger partial charge is 0.336 e. The van der Waals surface area contributed by atoms with Gasteiger partial charge >= 0.3 is 0 Å². The highest BCUT2D eigenvalue weighted by molar-refractivity contribution is 7.89. The molecule has 1 aliphatic heterocycles. The van der Waals surface area contributed by atoms with Crippen LogP contribution in [-0.2, 0) is 26.6 Å². The van der Waals surface area contributed by atoms with Crippen LogP contribution in [0.25, 0.3) is 0 Å². The fourth-order valence-electron chi connectivity index (χ4n) is 3.37. The Bertz CT molecular complexity index is 1040. The Labute approximate surface area is 175 Å². The third kappa shape index (κ3) is 4.94. The van der Waals surface area contributed by atoms with E-state index in [1.54, 1.807) is 41.5 Å². The van der Waals surface area contributed by atoms with Crippen LogP contribution in [0.15, 0.2) is 47.4 Å². The van der Waals surface area contributed by atoms with Gasteiger partial charge in [0.2, 0.25) is 10.0 Å². The number of benzene rings is 2. The smallest absolute Gasteiger partial charge is 0.253 e. The van der Waals surface area contributed by atoms with Gasteiger partial charge in [-0.15, -0.1) is 0 Å². The highest BCUT2D eigenvalue weighted by atomic mass is 32.2. The van der Waals surface area contributed by atoms with Crippen LogP contribution in [0, 0.1) is 13.8 Å². The van der Waals surface area contributed by atoms with Gasteiger partial charge in [-0.2, -0.15) is 4.31 Å². The maximum atomic E-state index is 12.9. The molecule has 0 radical (unpaired) electrons. The van der Waals surface area contributed by atoms with Crippen molar-refractivity contribution in [1.29, 1.82) is 0 Å². The van der Waals surface area contributed by atoms with Crippen LogP contribution in [0.4, 0.5) is 0 Å². The summed E-state index contributed by atoms with van der Waals surface area (Å²) >= 11 is 0. The van der Waals surface area contributed by atoms with Gasteiger partial charge in [0.1, 0.15) is 0 Å². The highest BCUT2D eigenvalue weighted by Gasteiger charge is 2.30. The molecule has 0 N–H and O–H groups in total. The van der Waals surface area contributed by atoms with Crippen LogP contribution in [0.3, 0.4) is 0 Å². The molecule has 0 bridgehead atoms. The number of amides is 1. The second-order valence-corrected chi connectivity index (χ2v) is 10.7. The Kier molecular flexibility index (Phi) is 6.55. The molecule has 1 fully saturated rings. The molecular weight excluding hydrogens is 408 g/mol. The fraction of sp³-hybridized carbons (Fsp3) is 0.381. The predicted molar refractivity (Wildman–Crippen MR) is 115 cm³/mol. The molecule has 1 amide bonds. The Morgan fingerprint density at radius 1 is 1.00 bits per heavy atom. The molecule has 1 atom stereocenters. The molecule has 6 nitrogen and oxygen atoms in total. The molecule has 29 heavy (non-hydrogen) atoms. The van der Waals surface area contributed by atoms with E-state index in [9.17, 15) is 17.4 Å². The van der Waals surface area contributed by atoms with Crippen LogP contribution in [0.5, 0.6) is 0 Å². The van der Waals surface area contributed by atoms with Crippen LogP contribution >= 0.6 is 0 Å². The van der Waals surface area contributed by atoms with Gasteiger partial charge in [0.15, 0.2) is 0 Å². The summed E-state index contributed by atoms with van der Waals surface area (Å²) in [5.41, 5.74) is 3.38. The highest BCUT2D eigenvalue weighted by Crippen LogP contribution is 2.21. The molecule has 0 aromatic heterocycles. The zero-order valence-corrected chi connectivity index (χ0v) is 18.6. The number of carbonyl (C=O) groups excluding carboxylic acids is 1. The standard InChI is InChI=1S/C21H26N2O4S2/c1-16-7-8-20(13-17(16)2)29(26,27)23-11-9-22(10-12-23)21(24)19-6-4-5-18(14-19)15-28(3)25/h4-8,13-14H,9-12,15H2,1-3H3. The van der Waals surface area contributed by atoms with E-state index in [0.717, 1.165) is 16.7 Å². The zero-order chi connectivity index (χ0) is 21.2. The molecule has 1 unspecified atom stereocenters. The Morgan fingerprint density at radius 2 is 1.69 bits per heavy atom. The first-order valence-corrected chi connectivity index (χ1v) is 12.6. The summed E-state index contributed by atoms with van der Waals surface area (Å²) in [6, 6.07) is 12.3. The topological polar surface area (TPSA) is 74.8 Å². The van der Waals surface area contributed by atoms with Gasteiger partial charge in [-0.05, 0) is 54.8 Å². The second kappa shape index (κ2) is 8.77. The predicted octanol–water partition coefficient (Wildman–Crippen LogP) is 2.33. The summed E-state index contributed by atoms with van der Waals surface area (Å²) in [6.07, 6.45) is 1.63. The molecule has 2 aromatic rings. The minimum Gasteiger partial charge on any atom is -0.336 e. The van der Waals surface area contributed by atoms with E-state index in [-0.39, 0.29) is 19.0 Å². The molecule has 1 saturated heterocycles. The minimum atomic E-state index is -3.57. The molecule has 156 valence electrons. The van der Waals surface area contributed by atoms with Crippen LogP contribution in [0.1, 0.15) is 27.0 Å². The molecule has 0 spiro atoms. The summed E-state index contributed by atoms with van der Waals surface area (Å²) < 4.78 is 38.8. The van der Waals surface area contributed by atoms with Crippen molar-refractivity contribution < 1.29 is 17.4 Å². The molecular formula is C21H26N2O4S2. The first-order valence-electron chi connectivity index (χ1n) is 9.44. The maximum absolute atomic E-state index is 12.9. The van der Waals surface area contributed by atoms with Gasteiger partial charge in [0, 0.05) is 54.6 Å². The summed E-state index contributed by atoms with van der Waals surface area (Å²) in [7, 11) is -4.55. The summed E-state index contributed by atoms with van der Waals surface area (Å²) in [4.78, 5) is 14.8. The third-order valence-electron chi connectivity index (χ3n) is 5.19. The zero-order valence-electron chi connectivity index (χ0n) is 16.9. The molecule has 0 saturated carbocycles. The van der Waals surface area contributed by atoms with Gasteiger partial charge in [-0.3, -0.25) is 9.00 Å². The van der Waals surface area contributed by atoms with Crippen molar-refractivity contribution in [1.82, 2.24) is 9.21 Å². The lowest BCUT2D eigenvalue weighted by atomic mass is 10.1. The van der Waals surface area contributed by atoms with Crippen LogP contribution in [-0.4, -0.2) is 60.2 Å². The minimum absolute atomic E-state index is 0.128. The number of rotatable bonds is 5. The molecule has 3 rings (SSSR count). The van der Waals surface area contributed by atoms with Crippen molar-refractivity contribution >= 4 is 26.7 Å². The molecule has 0 aliphatic carbocycles.